The lowest BCUT2D eigenvalue weighted by atomic mass is 10.2. The number of fused-ring (bicyclic) bond motifs is 1. The molecule has 0 saturated heterocycles. The summed E-state index contributed by atoms with van der Waals surface area (Å²) in [6.07, 6.45) is 0.990. The van der Waals surface area contributed by atoms with Gasteiger partial charge in [0.15, 0.2) is 9.84 Å². The lowest BCUT2D eigenvalue weighted by molar-refractivity contribution is 0.571. The number of nitrogens with zero attached hydrogens (tertiary/aromatic N) is 2. The molecule has 3 aromatic rings. The number of halogens is 1. The van der Waals surface area contributed by atoms with Gasteiger partial charge in [0.1, 0.15) is 16.5 Å². The van der Waals surface area contributed by atoms with Crippen molar-refractivity contribution in [3.05, 3.63) is 47.8 Å². The van der Waals surface area contributed by atoms with Crippen molar-refractivity contribution in [2.24, 2.45) is 7.05 Å². The number of para-hydroxylation sites is 1. The summed E-state index contributed by atoms with van der Waals surface area (Å²) < 4.78 is 38.9. The van der Waals surface area contributed by atoms with Crippen LogP contribution >= 0.6 is 0 Å². The molecule has 0 aliphatic carbocycles. The second-order valence-corrected chi connectivity index (χ2v) is 7.34. The number of hydrogen-bond acceptors (Lipinski definition) is 3. The summed E-state index contributed by atoms with van der Waals surface area (Å²) in [5, 5.41) is 0. The molecule has 0 radical (unpaired) electrons. The van der Waals surface area contributed by atoms with Crippen molar-refractivity contribution in [2.75, 3.05) is 6.26 Å². The maximum absolute atomic E-state index is 14.1. The number of imidazole rings is 1. The van der Waals surface area contributed by atoms with Gasteiger partial charge < -0.3 is 4.57 Å². The Bertz CT molecular complexity index is 991. The minimum Gasteiger partial charge on any atom is -0.327 e. The van der Waals surface area contributed by atoms with E-state index in [0.29, 0.717) is 11.4 Å². The van der Waals surface area contributed by atoms with Crippen LogP contribution in [0.3, 0.4) is 0 Å². The molecule has 0 aliphatic rings. The van der Waals surface area contributed by atoms with E-state index in [9.17, 15) is 12.8 Å². The second kappa shape index (κ2) is 4.91. The predicted molar refractivity (Wildman–Crippen MR) is 84.0 cm³/mol. The Morgan fingerprint density at radius 3 is 2.50 bits per heavy atom. The Hall–Kier alpha value is -2.21. The van der Waals surface area contributed by atoms with Crippen molar-refractivity contribution in [1.29, 1.82) is 0 Å². The summed E-state index contributed by atoms with van der Waals surface area (Å²) in [4.78, 5) is 4.26. The van der Waals surface area contributed by atoms with Crippen molar-refractivity contribution in [3.63, 3.8) is 0 Å². The number of rotatable bonds is 2. The molecule has 4 nitrogen and oxygen atoms in total. The fourth-order valence-corrected chi connectivity index (χ4v) is 3.28. The minimum absolute atomic E-state index is 0.300. The zero-order valence-electron chi connectivity index (χ0n) is 12.5. The summed E-state index contributed by atoms with van der Waals surface area (Å²) in [5.41, 5.74) is 3.38. The zero-order valence-corrected chi connectivity index (χ0v) is 13.3. The molecule has 0 saturated carbocycles. The molecular weight excluding hydrogens is 303 g/mol. The Morgan fingerprint density at radius 2 is 1.91 bits per heavy atom. The maximum Gasteiger partial charge on any atom is 0.178 e. The van der Waals surface area contributed by atoms with Crippen LogP contribution in [0.15, 0.2) is 41.3 Å². The minimum atomic E-state index is -3.58. The molecule has 0 amide bonds. The Balaban J connectivity index is 2.23. The lowest BCUT2D eigenvalue weighted by Gasteiger charge is -2.05. The highest BCUT2D eigenvalue weighted by atomic mass is 32.2. The molecule has 114 valence electrons. The molecule has 0 unspecified atom stereocenters. The van der Waals surface area contributed by atoms with E-state index in [1.807, 2.05) is 36.7 Å². The van der Waals surface area contributed by atoms with Crippen LogP contribution in [0.25, 0.3) is 22.4 Å². The maximum atomic E-state index is 14.1. The van der Waals surface area contributed by atoms with Gasteiger partial charge >= 0.3 is 0 Å². The summed E-state index contributed by atoms with van der Waals surface area (Å²) in [6.45, 7) is 1.96. The monoisotopic (exact) mass is 318 g/mol. The first kappa shape index (κ1) is 14.7. The Morgan fingerprint density at radius 1 is 1.18 bits per heavy atom. The average Bonchev–Trinajstić information content (AvgIpc) is 2.76. The number of aryl methyl sites for hydroxylation is 2. The standard InChI is InChI=1S/C16H15FN2O2S/c1-10-5-4-6-13-15(10)18-16(19(13)2)11-7-8-14(12(17)9-11)22(3,20)21/h4-9H,1-3H3. The van der Waals surface area contributed by atoms with E-state index in [0.717, 1.165) is 22.9 Å². The smallest absolute Gasteiger partial charge is 0.178 e. The van der Waals surface area contributed by atoms with Gasteiger partial charge in [-0.25, -0.2) is 17.8 Å². The predicted octanol–water partition coefficient (Wildman–Crippen LogP) is 3.09. The fraction of sp³-hybridized carbons (Fsp3) is 0.188. The Kier molecular flexibility index (Phi) is 3.29. The summed E-state index contributed by atoms with van der Waals surface area (Å²) in [7, 11) is -1.72. The van der Waals surface area contributed by atoms with Gasteiger partial charge in [0.05, 0.1) is 11.0 Å². The van der Waals surface area contributed by atoms with Crippen molar-refractivity contribution in [1.82, 2.24) is 9.55 Å². The zero-order chi connectivity index (χ0) is 16.1. The Labute approximate surface area is 128 Å². The number of aromatic nitrogens is 2. The molecule has 0 fully saturated rings. The van der Waals surface area contributed by atoms with E-state index in [-0.39, 0.29) is 4.90 Å². The van der Waals surface area contributed by atoms with E-state index in [2.05, 4.69) is 4.98 Å². The van der Waals surface area contributed by atoms with E-state index in [1.54, 1.807) is 6.07 Å². The van der Waals surface area contributed by atoms with E-state index < -0.39 is 15.7 Å². The van der Waals surface area contributed by atoms with Crippen LogP contribution in [0.4, 0.5) is 4.39 Å². The first-order chi connectivity index (χ1) is 10.3. The van der Waals surface area contributed by atoms with E-state index in [1.165, 1.54) is 12.1 Å². The summed E-state index contributed by atoms with van der Waals surface area (Å²) in [6, 6.07) is 9.93. The molecule has 0 atom stereocenters. The topological polar surface area (TPSA) is 52.0 Å². The third kappa shape index (κ3) is 2.29. The van der Waals surface area contributed by atoms with Gasteiger partial charge in [-0.15, -0.1) is 0 Å². The van der Waals surface area contributed by atoms with Gasteiger partial charge in [-0.3, -0.25) is 0 Å². The molecule has 0 N–H and O–H groups in total. The van der Waals surface area contributed by atoms with Crippen LogP contribution in [0.5, 0.6) is 0 Å². The van der Waals surface area contributed by atoms with E-state index in [4.69, 9.17) is 0 Å². The van der Waals surface area contributed by atoms with Crippen LogP contribution < -0.4 is 0 Å². The molecular formula is C16H15FN2O2S. The average molecular weight is 318 g/mol. The summed E-state index contributed by atoms with van der Waals surface area (Å²) in [5.74, 6) is -0.160. The van der Waals surface area contributed by atoms with Crippen LogP contribution in [0.2, 0.25) is 0 Å². The highest BCUT2D eigenvalue weighted by Crippen LogP contribution is 2.27. The normalized spacial score (nSPS) is 12.0. The van der Waals surface area contributed by atoms with Crippen LogP contribution in [0, 0.1) is 12.7 Å². The third-order valence-corrected chi connectivity index (χ3v) is 4.83. The molecule has 1 heterocycles. The molecule has 0 aliphatic heterocycles. The van der Waals surface area contributed by atoms with Crippen LogP contribution in [-0.2, 0) is 16.9 Å². The van der Waals surface area contributed by atoms with Crippen LogP contribution in [-0.4, -0.2) is 24.2 Å². The van der Waals surface area contributed by atoms with Crippen molar-refractivity contribution in [2.45, 2.75) is 11.8 Å². The van der Waals surface area contributed by atoms with Gasteiger partial charge in [-0.05, 0) is 36.8 Å². The van der Waals surface area contributed by atoms with Crippen molar-refractivity contribution >= 4 is 20.9 Å². The molecule has 3 rings (SSSR count). The summed E-state index contributed by atoms with van der Waals surface area (Å²) >= 11 is 0. The van der Waals surface area contributed by atoms with Gasteiger partial charge in [0.2, 0.25) is 0 Å². The van der Waals surface area contributed by atoms with Gasteiger partial charge in [0, 0.05) is 18.9 Å². The highest BCUT2D eigenvalue weighted by molar-refractivity contribution is 7.90. The second-order valence-electron chi connectivity index (χ2n) is 5.35. The van der Waals surface area contributed by atoms with Gasteiger partial charge in [-0.1, -0.05) is 12.1 Å². The fourth-order valence-electron chi connectivity index (χ4n) is 2.55. The first-order valence-electron chi connectivity index (χ1n) is 6.71. The number of hydrogen-bond donors (Lipinski definition) is 0. The highest BCUT2D eigenvalue weighted by Gasteiger charge is 2.17. The van der Waals surface area contributed by atoms with Crippen molar-refractivity contribution < 1.29 is 12.8 Å². The van der Waals surface area contributed by atoms with Crippen molar-refractivity contribution in [3.8, 4) is 11.4 Å². The SMILES string of the molecule is Cc1cccc2c1nc(-c1ccc(S(C)(=O)=O)c(F)c1)n2C. The molecule has 0 bridgehead atoms. The van der Waals surface area contributed by atoms with E-state index >= 15 is 0 Å². The first-order valence-corrected chi connectivity index (χ1v) is 8.60. The van der Waals surface area contributed by atoms with Crippen LogP contribution in [0.1, 0.15) is 5.56 Å². The molecule has 0 spiro atoms. The molecule has 2 aromatic carbocycles. The third-order valence-electron chi connectivity index (χ3n) is 3.70. The molecule has 6 heteroatoms. The van der Waals surface area contributed by atoms with Gasteiger partial charge in [0.25, 0.3) is 0 Å². The largest absolute Gasteiger partial charge is 0.327 e. The quantitative estimate of drug-likeness (QED) is 0.729. The molecule has 22 heavy (non-hydrogen) atoms. The number of sulfone groups is 1. The lowest BCUT2D eigenvalue weighted by Crippen LogP contribution is -2.01. The number of benzene rings is 2. The molecule has 1 aromatic heterocycles. The van der Waals surface area contributed by atoms with Gasteiger partial charge in [-0.2, -0.15) is 0 Å².